The summed E-state index contributed by atoms with van der Waals surface area (Å²) in [6.45, 7) is 9.01. The Kier molecular flexibility index (Phi) is 3.64. The van der Waals surface area contributed by atoms with E-state index in [4.69, 9.17) is 5.73 Å². The fraction of sp³-hybridized carbons (Fsp3) is 0.615. The minimum Gasteiger partial charge on any atom is -0.354 e. The molecule has 1 aromatic heterocycles. The summed E-state index contributed by atoms with van der Waals surface area (Å²) >= 11 is 0. The Morgan fingerprint density at radius 2 is 1.88 bits per heavy atom. The molecule has 0 bridgehead atoms. The zero-order valence-electron chi connectivity index (χ0n) is 11.0. The third-order valence-corrected chi connectivity index (χ3v) is 3.46. The minimum absolute atomic E-state index is 0.570. The molecule has 1 aliphatic heterocycles. The lowest BCUT2D eigenvalue weighted by molar-refractivity contribution is 0.311. The summed E-state index contributed by atoms with van der Waals surface area (Å²) in [5, 5.41) is 0. The Balaban J connectivity index is 2.30. The summed E-state index contributed by atoms with van der Waals surface area (Å²) in [6.07, 6.45) is 0. The summed E-state index contributed by atoms with van der Waals surface area (Å²) in [5.74, 6) is 1.10. The first kappa shape index (κ1) is 12.3. The van der Waals surface area contributed by atoms with Gasteiger partial charge in [0.2, 0.25) is 0 Å². The second-order valence-electron chi connectivity index (χ2n) is 4.88. The highest BCUT2D eigenvalue weighted by atomic mass is 15.3. The van der Waals surface area contributed by atoms with E-state index in [1.807, 2.05) is 6.92 Å². The third kappa shape index (κ3) is 2.58. The van der Waals surface area contributed by atoms with Crippen molar-refractivity contribution in [1.29, 1.82) is 0 Å². The molecule has 0 atom stereocenters. The van der Waals surface area contributed by atoms with E-state index in [9.17, 15) is 0 Å². The SMILES string of the molecule is Cc1cc(C)c(CN)c(N2CCN(C)CC2)n1. The molecule has 0 radical (unpaired) electrons. The number of nitrogens with two attached hydrogens (primary N) is 1. The normalized spacial score (nSPS) is 17.5. The Morgan fingerprint density at radius 3 is 2.47 bits per heavy atom. The average Bonchev–Trinajstić information content (AvgIpc) is 2.29. The number of rotatable bonds is 2. The van der Waals surface area contributed by atoms with Gasteiger partial charge in [0, 0.05) is 44.0 Å². The number of likely N-dealkylation sites (N-methyl/N-ethyl adjacent to an activating group) is 1. The van der Waals surface area contributed by atoms with Crippen LogP contribution in [0, 0.1) is 13.8 Å². The zero-order valence-corrected chi connectivity index (χ0v) is 11.0. The Bertz CT molecular complexity index is 395. The zero-order chi connectivity index (χ0) is 12.4. The van der Waals surface area contributed by atoms with Crippen LogP contribution in [0.1, 0.15) is 16.8 Å². The van der Waals surface area contributed by atoms with Crippen molar-refractivity contribution in [2.24, 2.45) is 5.73 Å². The lowest BCUT2D eigenvalue weighted by Crippen LogP contribution is -2.45. The molecule has 1 fully saturated rings. The van der Waals surface area contributed by atoms with E-state index in [0.29, 0.717) is 6.54 Å². The van der Waals surface area contributed by atoms with Gasteiger partial charge in [0.25, 0.3) is 0 Å². The molecule has 0 aliphatic carbocycles. The van der Waals surface area contributed by atoms with E-state index < -0.39 is 0 Å². The van der Waals surface area contributed by atoms with Crippen LogP contribution in [0.2, 0.25) is 0 Å². The van der Waals surface area contributed by atoms with E-state index in [2.05, 4.69) is 34.8 Å². The fourth-order valence-corrected chi connectivity index (χ4v) is 2.38. The Hall–Kier alpha value is -1.13. The lowest BCUT2D eigenvalue weighted by Gasteiger charge is -2.34. The summed E-state index contributed by atoms with van der Waals surface area (Å²) in [5.41, 5.74) is 9.39. The molecule has 2 heterocycles. The molecule has 1 aliphatic rings. The van der Waals surface area contributed by atoms with Crippen LogP contribution in [0.15, 0.2) is 6.07 Å². The Labute approximate surface area is 103 Å². The van der Waals surface area contributed by atoms with Crippen LogP contribution < -0.4 is 10.6 Å². The number of anilines is 1. The van der Waals surface area contributed by atoms with Crippen molar-refractivity contribution < 1.29 is 0 Å². The number of hydrogen-bond acceptors (Lipinski definition) is 4. The van der Waals surface area contributed by atoms with Crippen molar-refractivity contribution in [1.82, 2.24) is 9.88 Å². The lowest BCUT2D eigenvalue weighted by atomic mass is 10.1. The summed E-state index contributed by atoms with van der Waals surface area (Å²) in [6, 6.07) is 2.11. The number of aryl methyl sites for hydroxylation is 2. The molecule has 1 saturated heterocycles. The van der Waals surface area contributed by atoms with Gasteiger partial charge in [-0.2, -0.15) is 0 Å². The van der Waals surface area contributed by atoms with Crippen LogP contribution >= 0.6 is 0 Å². The van der Waals surface area contributed by atoms with Crippen LogP contribution in [0.25, 0.3) is 0 Å². The molecule has 1 aromatic rings. The molecule has 17 heavy (non-hydrogen) atoms. The maximum atomic E-state index is 5.86. The van der Waals surface area contributed by atoms with E-state index in [1.165, 1.54) is 11.1 Å². The number of hydrogen-bond donors (Lipinski definition) is 1. The largest absolute Gasteiger partial charge is 0.354 e. The van der Waals surface area contributed by atoms with Crippen LogP contribution in [0.4, 0.5) is 5.82 Å². The average molecular weight is 234 g/mol. The number of piperazine rings is 1. The van der Waals surface area contributed by atoms with E-state index in [-0.39, 0.29) is 0 Å². The van der Waals surface area contributed by atoms with Crippen molar-refractivity contribution in [2.75, 3.05) is 38.1 Å². The van der Waals surface area contributed by atoms with Crippen LogP contribution in [-0.4, -0.2) is 43.1 Å². The van der Waals surface area contributed by atoms with Gasteiger partial charge < -0.3 is 15.5 Å². The van der Waals surface area contributed by atoms with E-state index in [1.54, 1.807) is 0 Å². The molecule has 0 aromatic carbocycles. The fourth-order valence-electron chi connectivity index (χ4n) is 2.38. The summed E-state index contributed by atoms with van der Waals surface area (Å²) in [7, 11) is 2.16. The van der Waals surface area contributed by atoms with E-state index >= 15 is 0 Å². The molecule has 0 saturated carbocycles. The third-order valence-electron chi connectivity index (χ3n) is 3.46. The van der Waals surface area contributed by atoms with Crippen LogP contribution in [0.3, 0.4) is 0 Å². The first-order valence-electron chi connectivity index (χ1n) is 6.22. The predicted molar refractivity (Wildman–Crippen MR) is 71.3 cm³/mol. The van der Waals surface area contributed by atoms with Gasteiger partial charge in [0.05, 0.1) is 0 Å². The van der Waals surface area contributed by atoms with Crippen LogP contribution in [-0.2, 0) is 6.54 Å². The van der Waals surface area contributed by atoms with Gasteiger partial charge in [-0.1, -0.05) is 0 Å². The standard InChI is InChI=1S/C13H22N4/c1-10-8-11(2)15-13(12(10)9-14)17-6-4-16(3)5-7-17/h8H,4-7,9,14H2,1-3H3. The van der Waals surface area contributed by atoms with Gasteiger partial charge in [0.1, 0.15) is 5.82 Å². The van der Waals surface area contributed by atoms with E-state index in [0.717, 1.165) is 37.7 Å². The predicted octanol–water partition coefficient (Wildman–Crippen LogP) is 0.909. The van der Waals surface area contributed by atoms with Crippen molar-refractivity contribution in [2.45, 2.75) is 20.4 Å². The first-order valence-corrected chi connectivity index (χ1v) is 6.22. The maximum Gasteiger partial charge on any atom is 0.133 e. The molecule has 0 amide bonds. The van der Waals surface area contributed by atoms with Crippen molar-refractivity contribution in [3.63, 3.8) is 0 Å². The van der Waals surface area contributed by atoms with Gasteiger partial charge in [0.15, 0.2) is 0 Å². The van der Waals surface area contributed by atoms with Gasteiger partial charge in [-0.15, -0.1) is 0 Å². The highest BCUT2D eigenvalue weighted by molar-refractivity contribution is 5.52. The van der Waals surface area contributed by atoms with Gasteiger partial charge in [-0.05, 0) is 32.5 Å². The van der Waals surface area contributed by atoms with Crippen LogP contribution in [0.5, 0.6) is 0 Å². The monoisotopic (exact) mass is 234 g/mol. The summed E-state index contributed by atoms with van der Waals surface area (Å²) < 4.78 is 0. The molecule has 0 spiro atoms. The minimum atomic E-state index is 0.570. The number of pyridine rings is 1. The number of aromatic nitrogens is 1. The van der Waals surface area contributed by atoms with Crippen molar-refractivity contribution >= 4 is 5.82 Å². The first-order chi connectivity index (χ1) is 8.11. The molecule has 4 heteroatoms. The van der Waals surface area contributed by atoms with Crippen molar-refractivity contribution in [3.8, 4) is 0 Å². The van der Waals surface area contributed by atoms with Gasteiger partial charge >= 0.3 is 0 Å². The highest BCUT2D eigenvalue weighted by Crippen LogP contribution is 2.23. The maximum absolute atomic E-state index is 5.86. The topological polar surface area (TPSA) is 45.4 Å². The molecular formula is C13H22N4. The molecule has 94 valence electrons. The van der Waals surface area contributed by atoms with Gasteiger partial charge in [-0.3, -0.25) is 0 Å². The molecule has 0 unspecified atom stereocenters. The highest BCUT2D eigenvalue weighted by Gasteiger charge is 2.19. The molecule has 4 nitrogen and oxygen atoms in total. The summed E-state index contributed by atoms with van der Waals surface area (Å²) in [4.78, 5) is 9.39. The number of nitrogens with zero attached hydrogens (tertiary/aromatic N) is 3. The molecule has 2 N–H and O–H groups in total. The van der Waals surface area contributed by atoms with Gasteiger partial charge in [-0.25, -0.2) is 4.98 Å². The second kappa shape index (κ2) is 5.02. The quantitative estimate of drug-likeness (QED) is 0.826. The Morgan fingerprint density at radius 1 is 1.24 bits per heavy atom. The molecule has 2 rings (SSSR count). The smallest absolute Gasteiger partial charge is 0.133 e. The van der Waals surface area contributed by atoms with Crippen molar-refractivity contribution in [3.05, 3.63) is 22.9 Å². The molecular weight excluding hydrogens is 212 g/mol. The second-order valence-corrected chi connectivity index (χ2v) is 4.88.